The number of thiophene rings is 1. The number of nitrogens with one attached hydrogen (secondary N) is 1. The van der Waals surface area contributed by atoms with Gasteiger partial charge in [-0.2, -0.15) is 0 Å². The summed E-state index contributed by atoms with van der Waals surface area (Å²) in [4.78, 5) is 8.34. The molecule has 6 heteroatoms. The van der Waals surface area contributed by atoms with Crippen molar-refractivity contribution in [2.24, 2.45) is 4.99 Å². The Morgan fingerprint density at radius 1 is 1.32 bits per heavy atom. The van der Waals surface area contributed by atoms with Crippen LogP contribution in [0.3, 0.4) is 0 Å². The van der Waals surface area contributed by atoms with Gasteiger partial charge in [-0.15, -0.1) is 11.3 Å². The molecule has 0 bridgehead atoms. The van der Waals surface area contributed by atoms with Gasteiger partial charge in [-0.25, -0.2) is 0 Å². The minimum atomic E-state index is 0.762. The second-order valence-electron chi connectivity index (χ2n) is 5.76. The molecule has 0 saturated heterocycles. The molecule has 0 atom stereocenters. The minimum Gasteiger partial charge on any atom is -0.469 e. The lowest BCUT2D eigenvalue weighted by Gasteiger charge is -2.22. The first-order chi connectivity index (χ1) is 12.3. The normalized spacial score (nSPS) is 11.7. The first kappa shape index (κ1) is 19.5. The van der Waals surface area contributed by atoms with Gasteiger partial charge in [-0.05, 0) is 43.3 Å². The van der Waals surface area contributed by atoms with Crippen molar-refractivity contribution in [3.8, 4) is 0 Å². The molecule has 0 radical (unpaired) electrons. The third kappa shape index (κ3) is 7.75. The van der Waals surface area contributed by atoms with E-state index in [0.29, 0.717) is 0 Å². The fraction of sp³-hybridized carbons (Fsp3) is 0.526. The summed E-state index contributed by atoms with van der Waals surface area (Å²) in [6.45, 7) is 6.06. The maximum atomic E-state index is 5.39. The predicted octanol–water partition coefficient (Wildman–Crippen LogP) is 3.43. The van der Waals surface area contributed by atoms with Crippen LogP contribution in [0.2, 0.25) is 0 Å². The SMILES string of the molecule is CCOCCCN=C(NCCc1ccco1)N(C)CCc1cccs1. The van der Waals surface area contributed by atoms with Crippen molar-refractivity contribution in [3.05, 3.63) is 46.5 Å². The summed E-state index contributed by atoms with van der Waals surface area (Å²) in [5.74, 6) is 1.93. The Morgan fingerprint density at radius 3 is 2.96 bits per heavy atom. The molecule has 0 amide bonds. The highest BCUT2D eigenvalue weighted by molar-refractivity contribution is 7.09. The van der Waals surface area contributed by atoms with Gasteiger partial charge in [0.1, 0.15) is 5.76 Å². The highest BCUT2D eigenvalue weighted by Crippen LogP contribution is 2.09. The minimum absolute atomic E-state index is 0.762. The lowest BCUT2D eigenvalue weighted by atomic mass is 10.3. The molecule has 5 nitrogen and oxygen atoms in total. The molecule has 1 N–H and O–H groups in total. The quantitative estimate of drug-likeness (QED) is 0.377. The number of hydrogen-bond acceptors (Lipinski definition) is 4. The van der Waals surface area contributed by atoms with Crippen LogP contribution in [0.1, 0.15) is 24.0 Å². The summed E-state index contributed by atoms with van der Waals surface area (Å²) in [7, 11) is 2.09. The van der Waals surface area contributed by atoms with Gasteiger partial charge in [0.2, 0.25) is 0 Å². The molecule has 2 aromatic rings. The van der Waals surface area contributed by atoms with Gasteiger partial charge in [0.15, 0.2) is 5.96 Å². The third-order valence-electron chi connectivity index (χ3n) is 3.78. The molecule has 0 aliphatic carbocycles. The van der Waals surface area contributed by atoms with Crippen LogP contribution < -0.4 is 5.32 Å². The van der Waals surface area contributed by atoms with Gasteiger partial charge < -0.3 is 19.4 Å². The number of rotatable bonds is 11. The van der Waals surface area contributed by atoms with Crippen LogP contribution in [0, 0.1) is 0 Å². The highest BCUT2D eigenvalue weighted by Gasteiger charge is 2.07. The Kier molecular flexibility index (Phi) is 9.15. The van der Waals surface area contributed by atoms with E-state index in [9.17, 15) is 0 Å². The molecule has 2 aromatic heterocycles. The van der Waals surface area contributed by atoms with Crippen molar-refractivity contribution in [2.75, 3.05) is 39.9 Å². The van der Waals surface area contributed by atoms with Gasteiger partial charge in [-0.1, -0.05) is 6.07 Å². The number of aliphatic imine (C=N–C) groups is 1. The lowest BCUT2D eigenvalue weighted by Crippen LogP contribution is -2.41. The Hall–Kier alpha value is -1.79. The van der Waals surface area contributed by atoms with Crippen LogP contribution in [-0.4, -0.2) is 50.8 Å². The number of furan rings is 1. The summed E-state index contributed by atoms with van der Waals surface area (Å²) in [5.41, 5.74) is 0. The van der Waals surface area contributed by atoms with Crippen LogP contribution in [0.4, 0.5) is 0 Å². The third-order valence-corrected chi connectivity index (χ3v) is 4.72. The van der Waals surface area contributed by atoms with E-state index < -0.39 is 0 Å². The van der Waals surface area contributed by atoms with E-state index in [2.05, 4.69) is 34.8 Å². The molecule has 0 aromatic carbocycles. The molecule has 0 aliphatic heterocycles. The zero-order valence-corrected chi connectivity index (χ0v) is 16.1. The van der Waals surface area contributed by atoms with Crippen molar-refractivity contribution in [1.82, 2.24) is 10.2 Å². The Morgan fingerprint density at radius 2 is 2.24 bits per heavy atom. The van der Waals surface area contributed by atoms with Gasteiger partial charge in [0.05, 0.1) is 6.26 Å². The number of nitrogens with zero attached hydrogens (tertiary/aromatic N) is 2. The topological polar surface area (TPSA) is 50.0 Å². The van der Waals surface area contributed by atoms with E-state index in [1.807, 2.05) is 19.1 Å². The Bertz CT molecular complexity index is 582. The highest BCUT2D eigenvalue weighted by atomic mass is 32.1. The second kappa shape index (κ2) is 11.7. The predicted molar refractivity (Wildman–Crippen MR) is 104 cm³/mol. The summed E-state index contributed by atoms with van der Waals surface area (Å²) in [5, 5.41) is 5.58. The second-order valence-corrected chi connectivity index (χ2v) is 6.80. The molecule has 25 heavy (non-hydrogen) atoms. The first-order valence-corrected chi connectivity index (χ1v) is 9.79. The van der Waals surface area contributed by atoms with Gasteiger partial charge in [0.25, 0.3) is 0 Å². The van der Waals surface area contributed by atoms with Crippen molar-refractivity contribution in [3.63, 3.8) is 0 Å². The zero-order valence-electron chi connectivity index (χ0n) is 15.2. The van der Waals surface area contributed by atoms with E-state index >= 15 is 0 Å². The zero-order chi connectivity index (χ0) is 17.7. The van der Waals surface area contributed by atoms with Crippen molar-refractivity contribution < 1.29 is 9.15 Å². The van der Waals surface area contributed by atoms with E-state index in [-0.39, 0.29) is 0 Å². The molecule has 0 saturated carbocycles. The van der Waals surface area contributed by atoms with Gasteiger partial charge in [0, 0.05) is 51.2 Å². The maximum Gasteiger partial charge on any atom is 0.193 e. The van der Waals surface area contributed by atoms with Crippen LogP contribution in [0.15, 0.2) is 45.3 Å². The maximum absolute atomic E-state index is 5.39. The summed E-state index contributed by atoms with van der Waals surface area (Å²) >= 11 is 1.80. The van der Waals surface area contributed by atoms with Gasteiger partial charge >= 0.3 is 0 Å². The molecule has 0 spiro atoms. The first-order valence-electron chi connectivity index (χ1n) is 8.91. The van der Waals surface area contributed by atoms with Crippen LogP contribution in [-0.2, 0) is 17.6 Å². The van der Waals surface area contributed by atoms with Crippen molar-refractivity contribution in [1.29, 1.82) is 0 Å². The average molecular weight is 364 g/mol. The van der Waals surface area contributed by atoms with E-state index in [4.69, 9.17) is 14.1 Å². The Balaban J connectivity index is 1.81. The molecule has 0 fully saturated rings. The number of hydrogen-bond donors (Lipinski definition) is 1. The summed E-state index contributed by atoms with van der Waals surface area (Å²) < 4.78 is 10.8. The molecule has 138 valence electrons. The van der Waals surface area contributed by atoms with Crippen LogP contribution >= 0.6 is 11.3 Å². The van der Waals surface area contributed by atoms with Crippen LogP contribution in [0.5, 0.6) is 0 Å². The standard InChI is InChI=1S/C19H29N3O2S/c1-3-23-14-6-11-20-19(21-12-9-17-7-4-15-24-17)22(2)13-10-18-8-5-16-25-18/h4-5,7-8,15-16H,3,6,9-14H2,1-2H3,(H,20,21). The fourth-order valence-electron chi connectivity index (χ4n) is 2.40. The molecule has 0 unspecified atom stereocenters. The van der Waals surface area contributed by atoms with E-state index in [1.54, 1.807) is 17.6 Å². The monoisotopic (exact) mass is 363 g/mol. The molecule has 0 aliphatic rings. The van der Waals surface area contributed by atoms with Crippen molar-refractivity contribution >= 4 is 17.3 Å². The molecule has 2 rings (SSSR count). The lowest BCUT2D eigenvalue weighted by molar-refractivity contribution is 0.146. The number of likely N-dealkylation sites (N-methyl/N-ethyl adjacent to an activating group) is 1. The summed E-state index contributed by atoms with van der Waals surface area (Å²) in [6.07, 6.45) is 4.54. The Labute approximate surface area is 154 Å². The average Bonchev–Trinajstić information content (AvgIpc) is 3.31. The number of ether oxygens (including phenoxy) is 1. The molecular formula is C19H29N3O2S. The molecular weight excluding hydrogens is 334 g/mol. The van der Waals surface area contributed by atoms with Crippen LogP contribution in [0.25, 0.3) is 0 Å². The molecule has 2 heterocycles. The summed E-state index contributed by atoms with van der Waals surface area (Å²) in [6, 6.07) is 8.21. The van der Waals surface area contributed by atoms with Crippen molar-refractivity contribution in [2.45, 2.75) is 26.2 Å². The van der Waals surface area contributed by atoms with Gasteiger partial charge in [-0.3, -0.25) is 4.99 Å². The number of guanidine groups is 1. The smallest absolute Gasteiger partial charge is 0.193 e. The van der Waals surface area contributed by atoms with E-state index in [0.717, 1.165) is 63.8 Å². The largest absolute Gasteiger partial charge is 0.469 e. The van der Waals surface area contributed by atoms with E-state index in [1.165, 1.54) is 4.88 Å². The fourth-order valence-corrected chi connectivity index (χ4v) is 3.10.